The second-order valence-corrected chi connectivity index (χ2v) is 12.2. The summed E-state index contributed by atoms with van der Waals surface area (Å²) in [6.07, 6.45) is 5.75. The zero-order valence-electron chi connectivity index (χ0n) is 24.6. The lowest BCUT2D eigenvalue weighted by atomic mass is 9.66. The van der Waals surface area contributed by atoms with E-state index in [2.05, 4.69) is 53.6 Å². The number of likely N-dealkylation sites (tertiary alicyclic amines) is 1. The zero-order valence-corrected chi connectivity index (χ0v) is 24.6. The third-order valence-corrected chi connectivity index (χ3v) is 9.63. The molecule has 10 heteroatoms. The first-order valence-electron chi connectivity index (χ1n) is 15.0. The molecule has 42 heavy (non-hydrogen) atoms. The average molecular weight is 570 g/mol. The number of hydrogen-bond donors (Lipinski definition) is 0. The number of nitriles is 1. The first-order valence-corrected chi connectivity index (χ1v) is 15.0. The first-order chi connectivity index (χ1) is 20.3. The number of benzene rings is 1. The topological polar surface area (TPSA) is 106 Å². The van der Waals surface area contributed by atoms with Gasteiger partial charge in [-0.05, 0) is 63.4 Å². The van der Waals surface area contributed by atoms with Crippen LogP contribution in [0, 0.1) is 16.7 Å². The molecule has 0 bridgehead atoms. The summed E-state index contributed by atoms with van der Waals surface area (Å²) >= 11 is 0. The van der Waals surface area contributed by atoms with Crippen molar-refractivity contribution in [3.8, 4) is 12.1 Å². The standard InChI is InChI=1S/C32H39N7O3/c1-4-27(40)39-17-16-38(19-23(39)12-14-33)30-25-11-13-32(18-22-8-5-6-10-26(22)37(3)21-32)29(41)28(25)34-31(35-30)42-20-24-9-7-15-36(24)2/h4-6,8,10,23-24H,1,7,9,11-13,15-21H2,2-3H3. The Labute approximate surface area is 247 Å². The minimum Gasteiger partial charge on any atom is -0.462 e. The molecule has 4 heterocycles. The van der Waals surface area contributed by atoms with Crippen LogP contribution in [0.5, 0.6) is 6.01 Å². The summed E-state index contributed by atoms with van der Waals surface area (Å²) in [7, 11) is 4.16. The van der Waals surface area contributed by atoms with Gasteiger partial charge < -0.3 is 24.3 Å². The maximum absolute atomic E-state index is 14.5. The maximum Gasteiger partial charge on any atom is 0.319 e. The number of carbonyl (C=O) groups excluding carboxylic acids is 2. The van der Waals surface area contributed by atoms with Gasteiger partial charge in [0.1, 0.15) is 18.1 Å². The largest absolute Gasteiger partial charge is 0.462 e. The Morgan fingerprint density at radius 1 is 1.21 bits per heavy atom. The summed E-state index contributed by atoms with van der Waals surface area (Å²) in [4.78, 5) is 45.0. The number of ketones is 1. The van der Waals surface area contributed by atoms with Gasteiger partial charge in [-0.1, -0.05) is 24.8 Å². The minimum atomic E-state index is -0.566. The van der Waals surface area contributed by atoms with Gasteiger partial charge in [0.05, 0.1) is 23.9 Å². The average Bonchev–Trinajstić information content (AvgIpc) is 3.42. The quantitative estimate of drug-likeness (QED) is 0.486. The van der Waals surface area contributed by atoms with E-state index >= 15 is 0 Å². The molecule has 2 aromatic rings. The number of fused-ring (bicyclic) bond motifs is 2. The molecule has 0 N–H and O–H groups in total. The number of ether oxygens (including phenoxy) is 1. The van der Waals surface area contributed by atoms with E-state index in [1.807, 2.05) is 12.1 Å². The molecule has 6 rings (SSSR count). The van der Waals surface area contributed by atoms with E-state index < -0.39 is 5.41 Å². The lowest BCUT2D eigenvalue weighted by Crippen LogP contribution is -2.55. The molecule has 1 aromatic carbocycles. The van der Waals surface area contributed by atoms with Crippen LogP contribution < -0.4 is 14.5 Å². The molecule has 10 nitrogen and oxygen atoms in total. The van der Waals surface area contributed by atoms with Gasteiger partial charge in [-0.15, -0.1) is 0 Å². The van der Waals surface area contributed by atoms with Gasteiger partial charge in [-0.2, -0.15) is 15.2 Å². The summed E-state index contributed by atoms with van der Waals surface area (Å²) in [5.41, 5.74) is 3.08. The monoisotopic (exact) mass is 569 g/mol. The van der Waals surface area contributed by atoms with Crippen molar-refractivity contribution in [2.24, 2.45) is 5.41 Å². The number of anilines is 2. The SMILES string of the molecule is C=CC(=O)N1CCN(c2nc(OCC3CCCN3C)nc3c2CCC2(Cc4ccccc4N(C)C2)C3=O)CC1CC#N. The minimum absolute atomic E-state index is 0.0469. The molecular formula is C32H39N7O3. The van der Waals surface area contributed by atoms with Crippen LogP contribution in [0.25, 0.3) is 0 Å². The van der Waals surface area contributed by atoms with E-state index in [1.54, 1.807) is 4.90 Å². The Morgan fingerprint density at radius 2 is 2.05 bits per heavy atom. The van der Waals surface area contributed by atoms with Gasteiger partial charge in [0.2, 0.25) is 5.91 Å². The van der Waals surface area contributed by atoms with Gasteiger partial charge in [0, 0.05) is 50.5 Å². The van der Waals surface area contributed by atoms with Crippen molar-refractivity contribution >= 4 is 23.2 Å². The fourth-order valence-corrected chi connectivity index (χ4v) is 7.33. The number of carbonyl (C=O) groups is 2. The second-order valence-electron chi connectivity index (χ2n) is 12.2. The molecule has 1 spiro atoms. The number of nitrogens with zero attached hydrogens (tertiary/aromatic N) is 7. The van der Waals surface area contributed by atoms with Gasteiger partial charge in [-0.25, -0.2) is 0 Å². The summed E-state index contributed by atoms with van der Waals surface area (Å²) in [6, 6.07) is 10.7. The van der Waals surface area contributed by atoms with Crippen LogP contribution in [0.3, 0.4) is 0 Å². The lowest BCUT2D eigenvalue weighted by molar-refractivity contribution is -0.128. The van der Waals surface area contributed by atoms with Crippen LogP contribution in [-0.4, -0.2) is 97.0 Å². The molecule has 220 valence electrons. The Hall–Kier alpha value is -3.97. The predicted molar refractivity (Wildman–Crippen MR) is 160 cm³/mol. The molecule has 3 atom stereocenters. The van der Waals surface area contributed by atoms with E-state index in [1.165, 1.54) is 17.3 Å². The highest BCUT2D eigenvalue weighted by Gasteiger charge is 2.48. The third-order valence-electron chi connectivity index (χ3n) is 9.63. The molecule has 2 fully saturated rings. The van der Waals surface area contributed by atoms with Gasteiger partial charge >= 0.3 is 6.01 Å². The molecule has 1 aromatic heterocycles. The highest BCUT2D eigenvalue weighted by Crippen LogP contribution is 2.46. The van der Waals surface area contributed by atoms with Crippen molar-refractivity contribution in [2.45, 2.75) is 50.6 Å². The number of aromatic nitrogens is 2. The smallest absolute Gasteiger partial charge is 0.319 e. The van der Waals surface area contributed by atoms with Crippen molar-refractivity contribution in [3.05, 3.63) is 53.7 Å². The summed E-state index contributed by atoms with van der Waals surface area (Å²) < 4.78 is 6.23. The van der Waals surface area contributed by atoms with Crippen LogP contribution in [0.15, 0.2) is 36.9 Å². The van der Waals surface area contributed by atoms with Crippen LogP contribution in [0.1, 0.15) is 47.3 Å². The van der Waals surface area contributed by atoms with E-state index in [4.69, 9.17) is 14.7 Å². The molecule has 1 aliphatic carbocycles. The predicted octanol–water partition coefficient (Wildman–Crippen LogP) is 2.87. The Balaban J connectivity index is 1.36. The van der Waals surface area contributed by atoms with Crippen molar-refractivity contribution in [1.82, 2.24) is 19.8 Å². The summed E-state index contributed by atoms with van der Waals surface area (Å²) in [5, 5.41) is 9.52. The number of rotatable bonds is 6. The van der Waals surface area contributed by atoms with Crippen LogP contribution >= 0.6 is 0 Å². The molecule has 0 radical (unpaired) electrons. The Bertz CT molecular complexity index is 1440. The number of amides is 1. The fraction of sp³-hybridized carbons (Fsp3) is 0.531. The molecule has 3 aliphatic heterocycles. The normalized spacial score (nSPS) is 25.6. The van der Waals surface area contributed by atoms with Crippen molar-refractivity contribution < 1.29 is 14.3 Å². The Kier molecular flexibility index (Phi) is 7.62. The van der Waals surface area contributed by atoms with E-state index in [0.717, 1.165) is 24.9 Å². The number of piperazine rings is 1. The van der Waals surface area contributed by atoms with Gasteiger partial charge in [0.25, 0.3) is 0 Å². The molecule has 2 saturated heterocycles. The van der Waals surface area contributed by atoms with Gasteiger partial charge in [-0.3, -0.25) is 9.59 Å². The fourth-order valence-electron chi connectivity index (χ4n) is 7.33. The summed E-state index contributed by atoms with van der Waals surface area (Å²) in [5.74, 6) is 0.560. The number of para-hydroxylation sites is 1. The molecule has 1 amide bonds. The summed E-state index contributed by atoms with van der Waals surface area (Å²) in [6.45, 7) is 7.19. The molecule has 3 unspecified atom stereocenters. The van der Waals surface area contributed by atoms with Crippen LogP contribution in [0.2, 0.25) is 0 Å². The van der Waals surface area contributed by atoms with Gasteiger partial charge in [0.15, 0.2) is 5.78 Å². The molecule has 4 aliphatic rings. The number of likely N-dealkylation sites (N-methyl/N-ethyl adjacent to an activating group) is 1. The second kappa shape index (κ2) is 11.4. The zero-order chi connectivity index (χ0) is 29.4. The van der Waals surface area contributed by atoms with Crippen molar-refractivity contribution in [3.63, 3.8) is 0 Å². The van der Waals surface area contributed by atoms with E-state index in [0.29, 0.717) is 63.6 Å². The van der Waals surface area contributed by atoms with Crippen molar-refractivity contribution in [1.29, 1.82) is 5.26 Å². The first kappa shape index (κ1) is 28.2. The Morgan fingerprint density at radius 3 is 2.81 bits per heavy atom. The van der Waals surface area contributed by atoms with Crippen molar-refractivity contribution in [2.75, 3.05) is 63.2 Å². The van der Waals surface area contributed by atoms with E-state index in [-0.39, 0.29) is 36.2 Å². The highest BCUT2D eigenvalue weighted by atomic mass is 16.5. The van der Waals surface area contributed by atoms with Crippen LogP contribution in [-0.2, 0) is 17.6 Å². The number of Topliss-reactive ketones (excluding diaryl/α,β-unsaturated/α-hetero) is 1. The molecular weight excluding hydrogens is 530 g/mol. The molecule has 0 saturated carbocycles. The number of hydrogen-bond acceptors (Lipinski definition) is 9. The van der Waals surface area contributed by atoms with Crippen LogP contribution in [0.4, 0.5) is 11.5 Å². The maximum atomic E-state index is 14.5. The van der Waals surface area contributed by atoms with E-state index in [9.17, 15) is 14.9 Å². The lowest BCUT2D eigenvalue weighted by Gasteiger charge is -2.45. The highest BCUT2D eigenvalue weighted by molar-refractivity contribution is 6.03. The third kappa shape index (κ3) is 5.00.